The molecular formula is C15H14N4O4. The van der Waals surface area contributed by atoms with Crippen LogP contribution in [0.1, 0.15) is 16.1 Å². The summed E-state index contributed by atoms with van der Waals surface area (Å²) in [6.07, 6.45) is 1.59. The largest absolute Gasteiger partial charge is 0.368 e. The molecule has 1 atom stereocenters. The molecule has 1 heterocycles. The minimum Gasteiger partial charge on any atom is -0.368 e. The average Bonchev–Trinajstić information content (AvgIpc) is 2.55. The minimum atomic E-state index is -0.939. The maximum atomic E-state index is 12.0. The molecule has 8 nitrogen and oxygen atoms in total. The Kier molecular flexibility index (Phi) is 4.98. The van der Waals surface area contributed by atoms with E-state index in [4.69, 9.17) is 5.73 Å². The van der Waals surface area contributed by atoms with Gasteiger partial charge in [-0.1, -0.05) is 18.2 Å². The highest BCUT2D eigenvalue weighted by Gasteiger charge is 2.20. The highest BCUT2D eigenvalue weighted by molar-refractivity contribution is 5.95. The monoisotopic (exact) mass is 314 g/mol. The Hall–Kier alpha value is -3.29. The van der Waals surface area contributed by atoms with E-state index in [9.17, 15) is 19.7 Å². The number of nitrogens with one attached hydrogen (secondary N) is 1. The number of nitro groups is 1. The number of benzene rings is 1. The van der Waals surface area contributed by atoms with Crippen molar-refractivity contribution in [3.05, 3.63) is 70.0 Å². The Bertz CT molecular complexity index is 716. The van der Waals surface area contributed by atoms with Crippen molar-refractivity contribution in [1.82, 2.24) is 10.3 Å². The average molecular weight is 314 g/mol. The first-order valence-corrected chi connectivity index (χ1v) is 6.72. The third-order valence-electron chi connectivity index (χ3n) is 3.13. The molecule has 118 valence electrons. The van der Waals surface area contributed by atoms with Crippen LogP contribution in [0.2, 0.25) is 0 Å². The van der Waals surface area contributed by atoms with Crippen LogP contribution in [-0.4, -0.2) is 27.8 Å². The van der Waals surface area contributed by atoms with Gasteiger partial charge in [-0.3, -0.25) is 24.7 Å². The van der Waals surface area contributed by atoms with E-state index in [2.05, 4.69) is 10.3 Å². The van der Waals surface area contributed by atoms with Gasteiger partial charge in [0.15, 0.2) is 0 Å². The lowest BCUT2D eigenvalue weighted by Gasteiger charge is -2.15. The summed E-state index contributed by atoms with van der Waals surface area (Å²) in [5.74, 6) is -1.22. The molecule has 0 aliphatic rings. The van der Waals surface area contributed by atoms with Gasteiger partial charge in [0, 0.05) is 24.8 Å². The van der Waals surface area contributed by atoms with Gasteiger partial charge in [0.1, 0.15) is 11.7 Å². The molecule has 2 rings (SSSR count). The van der Waals surface area contributed by atoms with Gasteiger partial charge in [-0.2, -0.15) is 0 Å². The van der Waals surface area contributed by atoms with Gasteiger partial charge in [-0.25, -0.2) is 0 Å². The molecule has 0 saturated carbocycles. The third-order valence-corrected chi connectivity index (χ3v) is 3.13. The van der Waals surface area contributed by atoms with Crippen molar-refractivity contribution in [1.29, 1.82) is 0 Å². The fraction of sp³-hybridized carbons (Fsp3) is 0.133. The van der Waals surface area contributed by atoms with Crippen LogP contribution in [0, 0.1) is 10.1 Å². The zero-order chi connectivity index (χ0) is 16.8. The standard InChI is InChI=1S/C15H14N4O4/c16-14(20)13(18-15(21)12-3-1-2-8-17-12)9-10-4-6-11(7-5-10)19(22)23/h1-8,13H,9H2,(H2,16,20)(H,18,21)/t13-/m1/s1. The summed E-state index contributed by atoms with van der Waals surface area (Å²) in [6, 6.07) is 9.57. The second-order valence-corrected chi connectivity index (χ2v) is 4.77. The van der Waals surface area contributed by atoms with Crippen LogP contribution in [0.4, 0.5) is 5.69 Å². The molecule has 1 aromatic carbocycles. The maximum Gasteiger partial charge on any atom is 0.270 e. The van der Waals surface area contributed by atoms with Gasteiger partial charge < -0.3 is 11.1 Å². The normalized spacial score (nSPS) is 11.5. The zero-order valence-corrected chi connectivity index (χ0v) is 12.0. The number of nitrogens with two attached hydrogens (primary N) is 1. The molecular weight excluding hydrogens is 300 g/mol. The Labute approximate surface area is 131 Å². The van der Waals surface area contributed by atoms with Gasteiger partial charge in [-0.05, 0) is 17.7 Å². The quantitative estimate of drug-likeness (QED) is 0.602. The first-order valence-electron chi connectivity index (χ1n) is 6.72. The van der Waals surface area contributed by atoms with E-state index >= 15 is 0 Å². The summed E-state index contributed by atoms with van der Waals surface area (Å²) in [4.78, 5) is 37.5. The van der Waals surface area contributed by atoms with Gasteiger partial charge in [0.2, 0.25) is 5.91 Å². The molecule has 2 aromatic rings. The Morgan fingerprint density at radius 1 is 1.22 bits per heavy atom. The molecule has 0 radical (unpaired) electrons. The Morgan fingerprint density at radius 3 is 2.43 bits per heavy atom. The fourth-order valence-corrected chi connectivity index (χ4v) is 1.94. The van der Waals surface area contributed by atoms with Crippen molar-refractivity contribution in [2.75, 3.05) is 0 Å². The third kappa shape index (κ3) is 4.34. The minimum absolute atomic E-state index is 0.0538. The number of hydrogen-bond acceptors (Lipinski definition) is 5. The summed E-state index contributed by atoms with van der Waals surface area (Å²) in [5.41, 5.74) is 6.06. The van der Waals surface area contributed by atoms with Gasteiger partial charge in [-0.15, -0.1) is 0 Å². The molecule has 0 aliphatic heterocycles. The number of aromatic nitrogens is 1. The molecule has 0 bridgehead atoms. The highest BCUT2D eigenvalue weighted by Crippen LogP contribution is 2.13. The number of nitrogens with zero attached hydrogens (tertiary/aromatic N) is 2. The van der Waals surface area contributed by atoms with E-state index in [0.717, 1.165) is 0 Å². The van der Waals surface area contributed by atoms with E-state index in [1.807, 2.05) is 0 Å². The van der Waals surface area contributed by atoms with Crippen molar-refractivity contribution in [2.24, 2.45) is 5.73 Å². The van der Waals surface area contributed by atoms with Crippen LogP contribution >= 0.6 is 0 Å². The summed E-state index contributed by atoms with van der Waals surface area (Å²) in [5, 5.41) is 13.1. The molecule has 1 aromatic heterocycles. The van der Waals surface area contributed by atoms with Crippen LogP contribution < -0.4 is 11.1 Å². The number of rotatable bonds is 6. The molecule has 0 spiro atoms. The van der Waals surface area contributed by atoms with Crippen molar-refractivity contribution in [3.8, 4) is 0 Å². The molecule has 3 N–H and O–H groups in total. The molecule has 0 saturated heterocycles. The topological polar surface area (TPSA) is 128 Å². The van der Waals surface area contributed by atoms with Crippen LogP contribution in [0.3, 0.4) is 0 Å². The number of carbonyl (C=O) groups is 2. The van der Waals surface area contributed by atoms with Crippen LogP contribution in [0.15, 0.2) is 48.7 Å². The van der Waals surface area contributed by atoms with Gasteiger partial charge >= 0.3 is 0 Å². The number of carbonyl (C=O) groups excluding carboxylic acids is 2. The van der Waals surface area contributed by atoms with Gasteiger partial charge in [0.05, 0.1) is 4.92 Å². The van der Waals surface area contributed by atoms with Crippen molar-refractivity contribution in [2.45, 2.75) is 12.5 Å². The number of pyridine rings is 1. The summed E-state index contributed by atoms with van der Waals surface area (Å²) in [6.45, 7) is 0. The second kappa shape index (κ2) is 7.12. The van der Waals surface area contributed by atoms with Crippen LogP contribution in [-0.2, 0) is 11.2 Å². The van der Waals surface area contributed by atoms with Crippen LogP contribution in [0.25, 0.3) is 0 Å². The van der Waals surface area contributed by atoms with Crippen molar-refractivity contribution >= 4 is 17.5 Å². The molecule has 0 unspecified atom stereocenters. The van der Waals surface area contributed by atoms with Crippen molar-refractivity contribution < 1.29 is 14.5 Å². The lowest BCUT2D eigenvalue weighted by molar-refractivity contribution is -0.384. The maximum absolute atomic E-state index is 12.0. The smallest absolute Gasteiger partial charge is 0.270 e. The number of hydrogen-bond donors (Lipinski definition) is 2. The van der Waals surface area contributed by atoms with E-state index in [0.29, 0.717) is 5.56 Å². The van der Waals surface area contributed by atoms with Crippen LogP contribution in [0.5, 0.6) is 0 Å². The summed E-state index contributed by atoms with van der Waals surface area (Å²) < 4.78 is 0. The zero-order valence-electron chi connectivity index (χ0n) is 12.0. The Balaban J connectivity index is 2.08. The number of nitro benzene ring substituents is 1. The lowest BCUT2D eigenvalue weighted by atomic mass is 10.0. The van der Waals surface area contributed by atoms with Gasteiger partial charge in [0.25, 0.3) is 11.6 Å². The SMILES string of the molecule is NC(=O)[C@@H](Cc1ccc([N+](=O)[O-])cc1)NC(=O)c1ccccn1. The Morgan fingerprint density at radius 2 is 1.91 bits per heavy atom. The number of primary amides is 1. The predicted octanol–water partition coefficient (Wildman–Crippen LogP) is 0.816. The first-order chi connectivity index (χ1) is 11.0. The summed E-state index contributed by atoms with van der Waals surface area (Å²) in [7, 11) is 0. The van der Waals surface area contributed by atoms with E-state index in [-0.39, 0.29) is 17.8 Å². The molecule has 2 amide bonds. The van der Waals surface area contributed by atoms with Crippen molar-refractivity contribution in [3.63, 3.8) is 0 Å². The van der Waals surface area contributed by atoms with E-state index < -0.39 is 22.8 Å². The van der Waals surface area contributed by atoms with E-state index in [1.165, 1.54) is 36.5 Å². The number of amides is 2. The second-order valence-electron chi connectivity index (χ2n) is 4.77. The first kappa shape index (κ1) is 16.1. The number of non-ortho nitro benzene ring substituents is 1. The molecule has 23 heavy (non-hydrogen) atoms. The molecule has 0 aliphatic carbocycles. The predicted molar refractivity (Wildman–Crippen MR) is 81.5 cm³/mol. The van der Waals surface area contributed by atoms with E-state index in [1.54, 1.807) is 12.1 Å². The highest BCUT2D eigenvalue weighted by atomic mass is 16.6. The lowest BCUT2D eigenvalue weighted by Crippen LogP contribution is -2.46. The molecule has 0 fully saturated rings. The summed E-state index contributed by atoms with van der Waals surface area (Å²) >= 11 is 0. The fourth-order valence-electron chi connectivity index (χ4n) is 1.94. The molecule has 8 heteroatoms.